The maximum atomic E-state index is 8.68. The van der Waals surface area contributed by atoms with Crippen LogP contribution in [0.1, 0.15) is 12.8 Å². The summed E-state index contributed by atoms with van der Waals surface area (Å²) in [5.74, 6) is 2.25. The maximum Gasteiger partial charge on any atom is 0.0779 e. The highest BCUT2D eigenvalue weighted by Crippen LogP contribution is 1.92. The van der Waals surface area contributed by atoms with E-state index in [1.54, 1.807) is 6.07 Å². The summed E-state index contributed by atoms with van der Waals surface area (Å²) in [6.07, 6.45) is 4.61. The van der Waals surface area contributed by atoms with Crippen LogP contribution in [0.4, 0.5) is 0 Å². The average Bonchev–Trinajstić information content (AvgIpc) is 1.68. The molecule has 0 aliphatic carbocycles. The van der Waals surface area contributed by atoms with Gasteiger partial charge in [-0.1, -0.05) is 0 Å². The van der Waals surface area contributed by atoms with Gasteiger partial charge < -0.3 is 5.11 Å². The molecule has 0 saturated carbocycles. The first-order valence-electron chi connectivity index (χ1n) is 2.29. The van der Waals surface area contributed by atoms with E-state index in [1.807, 2.05) is 0 Å². The van der Waals surface area contributed by atoms with Gasteiger partial charge in [-0.25, -0.2) is 0 Å². The SMILES string of the molecule is C#CC[C@@H](O)CC#N. The van der Waals surface area contributed by atoms with Gasteiger partial charge in [-0.15, -0.1) is 12.3 Å². The maximum absolute atomic E-state index is 8.68. The average molecular weight is 109 g/mol. The molecule has 0 heterocycles. The first kappa shape index (κ1) is 7.01. The van der Waals surface area contributed by atoms with Crippen LogP contribution >= 0.6 is 0 Å². The van der Waals surface area contributed by atoms with Crippen LogP contribution < -0.4 is 0 Å². The van der Waals surface area contributed by atoms with Crippen LogP contribution in [-0.2, 0) is 0 Å². The van der Waals surface area contributed by atoms with E-state index in [4.69, 9.17) is 16.8 Å². The highest BCUT2D eigenvalue weighted by Gasteiger charge is 1.97. The fraction of sp³-hybridized carbons (Fsp3) is 0.500. The van der Waals surface area contributed by atoms with E-state index in [2.05, 4.69) is 5.92 Å². The summed E-state index contributed by atoms with van der Waals surface area (Å²) in [4.78, 5) is 0. The molecule has 0 bridgehead atoms. The van der Waals surface area contributed by atoms with Crippen molar-refractivity contribution in [2.45, 2.75) is 18.9 Å². The quantitative estimate of drug-likeness (QED) is 0.518. The first-order chi connectivity index (χ1) is 3.81. The standard InChI is InChI=1S/C6H7NO/c1-2-3-6(8)4-5-7/h1,6,8H,3-4H2/t6-/m1/s1. The van der Waals surface area contributed by atoms with Crippen molar-refractivity contribution < 1.29 is 5.11 Å². The Balaban J connectivity index is 3.25. The zero-order valence-electron chi connectivity index (χ0n) is 4.46. The van der Waals surface area contributed by atoms with Crippen molar-refractivity contribution in [1.82, 2.24) is 0 Å². The molecular formula is C6H7NO. The third-order valence-corrected chi connectivity index (χ3v) is 0.680. The smallest absolute Gasteiger partial charge is 0.0779 e. The van der Waals surface area contributed by atoms with Crippen LogP contribution in [0.5, 0.6) is 0 Å². The molecule has 0 aliphatic heterocycles. The van der Waals surface area contributed by atoms with Crippen LogP contribution in [0.15, 0.2) is 0 Å². The number of nitriles is 1. The third-order valence-electron chi connectivity index (χ3n) is 0.680. The summed E-state index contributed by atoms with van der Waals surface area (Å²) in [6, 6.07) is 1.81. The minimum Gasteiger partial charge on any atom is -0.391 e. The van der Waals surface area contributed by atoms with Gasteiger partial charge in [0.05, 0.1) is 18.6 Å². The zero-order chi connectivity index (χ0) is 6.41. The number of hydrogen-bond acceptors (Lipinski definition) is 2. The second kappa shape index (κ2) is 4.18. The monoisotopic (exact) mass is 109 g/mol. The molecule has 0 unspecified atom stereocenters. The second-order valence-corrected chi connectivity index (χ2v) is 1.42. The topological polar surface area (TPSA) is 44.0 Å². The van der Waals surface area contributed by atoms with Gasteiger partial charge in [0.1, 0.15) is 0 Å². The van der Waals surface area contributed by atoms with Gasteiger partial charge in [-0.05, 0) is 0 Å². The molecule has 0 saturated heterocycles. The fourth-order valence-corrected chi connectivity index (χ4v) is 0.314. The highest BCUT2D eigenvalue weighted by molar-refractivity contribution is 4.89. The van der Waals surface area contributed by atoms with Crippen molar-refractivity contribution in [3.05, 3.63) is 0 Å². The predicted octanol–water partition coefficient (Wildman–Crippen LogP) is 0.284. The Bertz CT molecular complexity index is 112. The van der Waals surface area contributed by atoms with Crippen molar-refractivity contribution in [3.8, 4) is 18.4 Å². The number of terminal acetylenes is 1. The normalized spacial score (nSPS) is 11.4. The molecule has 0 rings (SSSR count). The summed E-state index contributed by atoms with van der Waals surface area (Å²) in [5, 5.41) is 16.7. The lowest BCUT2D eigenvalue weighted by atomic mass is 10.2. The van der Waals surface area contributed by atoms with Gasteiger partial charge in [0.25, 0.3) is 0 Å². The van der Waals surface area contributed by atoms with Gasteiger partial charge in [0.15, 0.2) is 0 Å². The first-order valence-corrected chi connectivity index (χ1v) is 2.29. The molecule has 0 aromatic heterocycles. The van der Waals surface area contributed by atoms with Crippen LogP contribution in [0.3, 0.4) is 0 Å². The summed E-state index contributed by atoms with van der Waals surface area (Å²) >= 11 is 0. The van der Waals surface area contributed by atoms with Gasteiger partial charge in [-0.3, -0.25) is 0 Å². The molecule has 1 N–H and O–H groups in total. The molecule has 2 heteroatoms. The van der Waals surface area contributed by atoms with Crippen LogP contribution in [0.25, 0.3) is 0 Å². The highest BCUT2D eigenvalue weighted by atomic mass is 16.3. The molecule has 8 heavy (non-hydrogen) atoms. The molecule has 0 fully saturated rings. The lowest BCUT2D eigenvalue weighted by Gasteiger charge is -1.96. The Morgan fingerprint density at radius 3 is 2.62 bits per heavy atom. The Labute approximate surface area is 48.8 Å². The molecule has 0 aliphatic rings. The Hall–Kier alpha value is -0.990. The predicted molar refractivity (Wildman–Crippen MR) is 29.7 cm³/mol. The summed E-state index contributed by atoms with van der Waals surface area (Å²) < 4.78 is 0. The van der Waals surface area contributed by atoms with E-state index < -0.39 is 6.10 Å². The fourth-order valence-electron chi connectivity index (χ4n) is 0.314. The van der Waals surface area contributed by atoms with Gasteiger partial charge in [-0.2, -0.15) is 5.26 Å². The van der Waals surface area contributed by atoms with Crippen LogP contribution in [0, 0.1) is 23.7 Å². The molecule has 0 amide bonds. The van der Waals surface area contributed by atoms with E-state index in [9.17, 15) is 0 Å². The van der Waals surface area contributed by atoms with E-state index in [-0.39, 0.29) is 12.8 Å². The third kappa shape index (κ3) is 3.21. The van der Waals surface area contributed by atoms with Gasteiger partial charge in [0, 0.05) is 6.42 Å². The second-order valence-electron chi connectivity index (χ2n) is 1.42. The Kier molecular flexibility index (Phi) is 3.66. The number of nitrogens with zero attached hydrogens (tertiary/aromatic N) is 1. The van der Waals surface area contributed by atoms with Crippen LogP contribution in [0.2, 0.25) is 0 Å². The van der Waals surface area contributed by atoms with Gasteiger partial charge >= 0.3 is 0 Å². The van der Waals surface area contributed by atoms with E-state index >= 15 is 0 Å². The van der Waals surface area contributed by atoms with E-state index in [0.29, 0.717) is 0 Å². The van der Waals surface area contributed by atoms with Crippen molar-refractivity contribution >= 4 is 0 Å². The Morgan fingerprint density at radius 2 is 2.25 bits per heavy atom. The number of hydrogen-bond donors (Lipinski definition) is 1. The lowest BCUT2D eigenvalue weighted by Crippen LogP contribution is -2.02. The Morgan fingerprint density at radius 1 is 1.62 bits per heavy atom. The van der Waals surface area contributed by atoms with E-state index in [1.165, 1.54) is 0 Å². The molecule has 42 valence electrons. The minimum atomic E-state index is -0.634. The van der Waals surface area contributed by atoms with Crippen LogP contribution in [-0.4, -0.2) is 11.2 Å². The summed E-state index contributed by atoms with van der Waals surface area (Å²) in [5.41, 5.74) is 0. The van der Waals surface area contributed by atoms with Crippen molar-refractivity contribution in [2.75, 3.05) is 0 Å². The molecule has 0 radical (unpaired) electrons. The molecular weight excluding hydrogens is 102 g/mol. The molecule has 0 spiro atoms. The largest absolute Gasteiger partial charge is 0.391 e. The number of rotatable bonds is 2. The molecule has 0 aromatic rings. The lowest BCUT2D eigenvalue weighted by molar-refractivity contribution is 0.185. The number of aliphatic hydroxyl groups is 1. The zero-order valence-corrected chi connectivity index (χ0v) is 4.46. The summed E-state index contributed by atoms with van der Waals surface area (Å²) in [7, 11) is 0. The molecule has 1 atom stereocenters. The van der Waals surface area contributed by atoms with Crippen molar-refractivity contribution in [1.29, 1.82) is 5.26 Å². The van der Waals surface area contributed by atoms with Crippen molar-refractivity contribution in [2.24, 2.45) is 0 Å². The molecule has 2 nitrogen and oxygen atoms in total. The van der Waals surface area contributed by atoms with E-state index in [0.717, 1.165) is 0 Å². The summed E-state index contributed by atoms with van der Waals surface area (Å²) in [6.45, 7) is 0. The minimum absolute atomic E-state index is 0.129. The number of aliphatic hydroxyl groups excluding tert-OH is 1. The molecule has 0 aromatic carbocycles. The van der Waals surface area contributed by atoms with Gasteiger partial charge in [0.2, 0.25) is 0 Å². The van der Waals surface area contributed by atoms with Crippen molar-refractivity contribution in [3.63, 3.8) is 0 Å².